The number of aryl methyl sites for hydroxylation is 1. The summed E-state index contributed by atoms with van der Waals surface area (Å²) in [5.74, 6) is 0. The van der Waals surface area contributed by atoms with E-state index in [1.54, 1.807) is 6.26 Å². The summed E-state index contributed by atoms with van der Waals surface area (Å²) in [5, 5.41) is 12.2. The summed E-state index contributed by atoms with van der Waals surface area (Å²) in [5.41, 5.74) is 7.35. The molecular formula is C19H23N5O. The zero-order chi connectivity index (χ0) is 17.4. The summed E-state index contributed by atoms with van der Waals surface area (Å²) in [7, 11) is 0. The van der Waals surface area contributed by atoms with Crippen LogP contribution in [-0.4, -0.2) is 22.2 Å². The lowest BCUT2D eigenvalue weighted by Crippen LogP contribution is -2.23. The van der Waals surface area contributed by atoms with Crippen molar-refractivity contribution in [1.29, 1.82) is 0 Å². The third-order valence-electron chi connectivity index (χ3n) is 4.86. The summed E-state index contributed by atoms with van der Waals surface area (Å²) >= 11 is 0. The van der Waals surface area contributed by atoms with Crippen LogP contribution in [0.5, 0.6) is 0 Å². The van der Waals surface area contributed by atoms with Gasteiger partial charge < -0.3 is 4.42 Å². The van der Waals surface area contributed by atoms with Gasteiger partial charge in [-0.25, -0.2) is 4.98 Å². The van der Waals surface area contributed by atoms with Crippen LogP contribution < -0.4 is 0 Å². The number of nitrogens with zero attached hydrogens (tertiary/aromatic N) is 5. The van der Waals surface area contributed by atoms with Crippen LogP contribution in [0.3, 0.4) is 0 Å². The van der Waals surface area contributed by atoms with E-state index >= 15 is 0 Å². The molecule has 0 fully saturated rings. The Morgan fingerprint density at radius 1 is 1.04 bits per heavy atom. The summed E-state index contributed by atoms with van der Waals surface area (Å²) in [6.07, 6.45) is 8.85. The molecule has 0 bridgehead atoms. The van der Waals surface area contributed by atoms with E-state index in [1.165, 1.54) is 36.9 Å². The third kappa shape index (κ3) is 2.90. The first-order valence-corrected chi connectivity index (χ1v) is 8.94. The average molecular weight is 337 g/mol. The molecule has 6 nitrogen and oxygen atoms in total. The molecule has 6 heteroatoms. The first-order chi connectivity index (χ1) is 12.1. The van der Waals surface area contributed by atoms with Crippen LogP contribution in [0.25, 0.3) is 11.3 Å². The van der Waals surface area contributed by atoms with Gasteiger partial charge in [0, 0.05) is 22.2 Å². The van der Waals surface area contributed by atoms with Crippen molar-refractivity contribution < 1.29 is 4.42 Å². The number of hydrogen-bond acceptors (Lipinski definition) is 6. The minimum Gasteiger partial charge on any atom is -0.451 e. The Hall–Kier alpha value is -2.37. The van der Waals surface area contributed by atoms with Crippen LogP contribution in [0.4, 0.5) is 0 Å². The molecule has 0 amide bonds. The molecule has 0 saturated carbocycles. The Morgan fingerprint density at radius 3 is 2.56 bits per heavy atom. The van der Waals surface area contributed by atoms with Gasteiger partial charge in [0.05, 0.1) is 11.4 Å². The van der Waals surface area contributed by atoms with Crippen molar-refractivity contribution in [3.63, 3.8) is 0 Å². The molecule has 25 heavy (non-hydrogen) atoms. The van der Waals surface area contributed by atoms with E-state index in [4.69, 9.17) is 9.40 Å². The Morgan fingerprint density at radius 2 is 1.88 bits per heavy atom. The number of oxazole rings is 1. The molecule has 0 aromatic carbocycles. The van der Waals surface area contributed by atoms with Gasteiger partial charge in [-0.1, -0.05) is 27.2 Å². The maximum atomic E-state index is 5.32. The number of pyridine rings is 1. The third-order valence-corrected chi connectivity index (χ3v) is 4.86. The molecule has 0 radical (unpaired) electrons. The molecule has 0 spiro atoms. The minimum atomic E-state index is -0.111. The molecule has 0 saturated heterocycles. The maximum absolute atomic E-state index is 5.32. The number of rotatable bonds is 2. The molecule has 1 aliphatic heterocycles. The number of fused-ring (bicyclic) bond motifs is 1. The monoisotopic (exact) mass is 337 g/mol. The highest BCUT2D eigenvalue weighted by atomic mass is 16.3. The molecule has 0 N–H and O–H groups in total. The molecule has 3 heterocycles. The fourth-order valence-electron chi connectivity index (χ4n) is 3.71. The van der Waals surface area contributed by atoms with Gasteiger partial charge in [-0.15, -0.1) is 5.10 Å². The van der Waals surface area contributed by atoms with Gasteiger partial charge in [-0.3, -0.25) is 4.98 Å². The molecule has 2 aromatic rings. The molecular weight excluding hydrogens is 314 g/mol. The van der Waals surface area contributed by atoms with Crippen molar-refractivity contribution in [2.24, 2.45) is 15.4 Å². The highest BCUT2D eigenvalue weighted by molar-refractivity contribution is 6.09. The highest BCUT2D eigenvalue weighted by Gasteiger charge is 2.31. The Labute approximate surface area is 147 Å². The first-order valence-electron chi connectivity index (χ1n) is 8.94. The quantitative estimate of drug-likeness (QED) is 0.758. The number of aromatic nitrogens is 2. The summed E-state index contributed by atoms with van der Waals surface area (Å²) in [4.78, 5) is 9.61. The van der Waals surface area contributed by atoms with Crippen LogP contribution in [0, 0.1) is 0 Å². The van der Waals surface area contributed by atoms with Gasteiger partial charge in [-0.05, 0) is 36.5 Å². The van der Waals surface area contributed by atoms with Crippen molar-refractivity contribution in [2.75, 3.05) is 6.54 Å². The van der Waals surface area contributed by atoms with E-state index in [0.717, 1.165) is 41.1 Å². The fraction of sp³-hybridized carbons (Fsp3) is 0.526. The second kappa shape index (κ2) is 6.17. The minimum absolute atomic E-state index is 0.111. The molecule has 0 unspecified atom stereocenters. The van der Waals surface area contributed by atoms with Gasteiger partial charge in [0.25, 0.3) is 0 Å². The van der Waals surface area contributed by atoms with Gasteiger partial charge in [0.1, 0.15) is 18.5 Å². The van der Waals surface area contributed by atoms with Crippen LogP contribution in [0.15, 0.2) is 32.5 Å². The van der Waals surface area contributed by atoms with Crippen LogP contribution in [-0.2, 0) is 18.3 Å². The normalized spacial score (nSPS) is 17.3. The van der Waals surface area contributed by atoms with Crippen molar-refractivity contribution in [1.82, 2.24) is 9.97 Å². The maximum Gasteiger partial charge on any atom is 0.181 e. The Bertz CT molecular complexity index is 844. The van der Waals surface area contributed by atoms with E-state index < -0.39 is 0 Å². The zero-order valence-electron chi connectivity index (χ0n) is 15.0. The first kappa shape index (κ1) is 16.1. The molecule has 0 atom stereocenters. The largest absolute Gasteiger partial charge is 0.451 e. The molecule has 2 aliphatic rings. The second-order valence-corrected chi connectivity index (χ2v) is 7.76. The van der Waals surface area contributed by atoms with Crippen molar-refractivity contribution in [2.45, 2.75) is 58.3 Å². The van der Waals surface area contributed by atoms with Gasteiger partial charge >= 0.3 is 0 Å². The van der Waals surface area contributed by atoms with Crippen molar-refractivity contribution in [3.05, 3.63) is 35.2 Å². The van der Waals surface area contributed by atoms with E-state index in [0.29, 0.717) is 6.54 Å². The van der Waals surface area contributed by atoms with E-state index in [9.17, 15) is 0 Å². The van der Waals surface area contributed by atoms with Gasteiger partial charge in [0.15, 0.2) is 6.39 Å². The summed E-state index contributed by atoms with van der Waals surface area (Å²) < 4.78 is 5.32. The second-order valence-electron chi connectivity index (χ2n) is 7.76. The van der Waals surface area contributed by atoms with E-state index in [1.807, 2.05) is 0 Å². The van der Waals surface area contributed by atoms with Crippen LogP contribution in [0.1, 0.15) is 62.5 Å². The summed E-state index contributed by atoms with van der Waals surface area (Å²) in [6, 6.07) is 0. The lowest BCUT2D eigenvalue weighted by Gasteiger charge is -2.26. The topological polar surface area (TPSA) is 76.0 Å². The predicted octanol–water partition coefficient (Wildman–Crippen LogP) is 4.47. The Kier molecular flexibility index (Phi) is 3.98. The van der Waals surface area contributed by atoms with E-state index in [-0.39, 0.29) is 5.41 Å². The fourth-order valence-corrected chi connectivity index (χ4v) is 3.71. The summed E-state index contributed by atoms with van der Waals surface area (Å²) in [6.45, 7) is 7.07. The van der Waals surface area contributed by atoms with Gasteiger partial charge in [0.2, 0.25) is 0 Å². The van der Waals surface area contributed by atoms with Crippen molar-refractivity contribution >= 4 is 5.71 Å². The lowest BCUT2D eigenvalue weighted by atomic mass is 9.81. The molecule has 2 aromatic heterocycles. The SMILES string of the molecule is CC(C)(C)c1nc2c(c(-c3cocn3)c1C1=NN=NC1)CCCCC2. The Balaban J connectivity index is 2.06. The average Bonchev–Trinajstić information content (AvgIpc) is 3.22. The lowest BCUT2D eigenvalue weighted by molar-refractivity contribution is 0.557. The van der Waals surface area contributed by atoms with Crippen LogP contribution >= 0.6 is 0 Å². The predicted molar refractivity (Wildman–Crippen MR) is 96.0 cm³/mol. The molecule has 1 aliphatic carbocycles. The van der Waals surface area contributed by atoms with E-state index in [2.05, 4.69) is 41.2 Å². The smallest absolute Gasteiger partial charge is 0.181 e. The van der Waals surface area contributed by atoms with Crippen LogP contribution in [0.2, 0.25) is 0 Å². The van der Waals surface area contributed by atoms with Gasteiger partial charge in [-0.2, -0.15) is 5.11 Å². The number of hydrogen-bond donors (Lipinski definition) is 0. The highest BCUT2D eigenvalue weighted by Crippen LogP contribution is 2.38. The zero-order valence-corrected chi connectivity index (χ0v) is 15.0. The van der Waals surface area contributed by atoms with Crippen molar-refractivity contribution in [3.8, 4) is 11.3 Å². The molecule has 130 valence electrons. The molecule has 4 rings (SSSR count). The standard InChI is InChI=1S/C19H23N5O/c1-19(2,3)18-17(14-9-21-24-23-14)16(15-10-25-11-20-15)12-7-5-4-6-8-13(12)22-18/h10-11H,4-9H2,1-3H3.